The van der Waals surface area contributed by atoms with Crippen molar-refractivity contribution < 1.29 is 32.6 Å². The summed E-state index contributed by atoms with van der Waals surface area (Å²) in [6, 6.07) is 0. The van der Waals surface area contributed by atoms with Crippen molar-refractivity contribution in [2.75, 3.05) is 6.54 Å². The molecule has 0 unspecified atom stereocenters. The smallest absolute Gasteiger partial charge is 0.475 e. The molecule has 0 spiro atoms. The highest BCUT2D eigenvalue weighted by atomic mass is 19.4. The van der Waals surface area contributed by atoms with Crippen LogP contribution in [0.25, 0.3) is 0 Å². The SMILES string of the molecule is CC(C)(C)OC(=O)CN.O=C(O)C(F)(F)F. The molecule has 0 bridgehead atoms. The van der Waals surface area contributed by atoms with Gasteiger partial charge in [-0.05, 0) is 20.8 Å². The Bertz CT molecular complexity index is 245. The predicted octanol–water partition coefficient (Wildman–Crippen LogP) is 0.920. The molecule has 16 heavy (non-hydrogen) atoms. The Morgan fingerprint density at radius 3 is 1.62 bits per heavy atom. The minimum Gasteiger partial charge on any atom is -0.475 e. The number of carboxylic acids is 1. The number of aliphatic carboxylic acids is 1. The van der Waals surface area contributed by atoms with Gasteiger partial charge in [-0.1, -0.05) is 0 Å². The molecule has 0 saturated carbocycles. The van der Waals surface area contributed by atoms with Crippen molar-refractivity contribution in [3.05, 3.63) is 0 Å². The van der Waals surface area contributed by atoms with Gasteiger partial charge in [-0.15, -0.1) is 0 Å². The van der Waals surface area contributed by atoms with Crippen LogP contribution in [0.1, 0.15) is 20.8 Å². The Morgan fingerprint density at radius 2 is 1.56 bits per heavy atom. The van der Waals surface area contributed by atoms with Crippen LogP contribution in [0.3, 0.4) is 0 Å². The summed E-state index contributed by atoms with van der Waals surface area (Å²) in [6.45, 7) is 5.37. The van der Waals surface area contributed by atoms with E-state index in [-0.39, 0.29) is 12.5 Å². The Kier molecular flexibility index (Phi) is 6.74. The second-order valence-corrected chi connectivity index (χ2v) is 3.59. The first-order valence-corrected chi connectivity index (χ1v) is 4.12. The van der Waals surface area contributed by atoms with Gasteiger partial charge >= 0.3 is 18.1 Å². The first kappa shape index (κ1) is 17.1. The van der Waals surface area contributed by atoms with Gasteiger partial charge in [0.05, 0.1) is 6.54 Å². The Balaban J connectivity index is 0. The highest BCUT2D eigenvalue weighted by Gasteiger charge is 2.38. The van der Waals surface area contributed by atoms with Gasteiger partial charge in [-0.25, -0.2) is 4.79 Å². The van der Waals surface area contributed by atoms with Crippen molar-refractivity contribution in [3.8, 4) is 0 Å². The largest absolute Gasteiger partial charge is 0.490 e. The molecule has 0 saturated heterocycles. The first-order valence-electron chi connectivity index (χ1n) is 4.12. The lowest BCUT2D eigenvalue weighted by Gasteiger charge is -2.18. The quantitative estimate of drug-likeness (QED) is 0.670. The number of carbonyl (C=O) groups is 2. The Labute approximate surface area is 90.4 Å². The van der Waals surface area contributed by atoms with Gasteiger partial charge in [0, 0.05) is 0 Å². The zero-order valence-corrected chi connectivity index (χ0v) is 9.09. The highest BCUT2D eigenvalue weighted by molar-refractivity contribution is 5.73. The zero-order valence-electron chi connectivity index (χ0n) is 9.09. The van der Waals surface area contributed by atoms with E-state index in [0.717, 1.165) is 0 Å². The number of halogens is 3. The number of hydrogen-bond donors (Lipinski definition) is 2. The van der Waals surface area contributed by atoms with E-state index < -0.39 is 17.7 Å². The van der Waals surface area contributed by atoms with Gasteiger partial charge in [0.1, 0.15) is 5.60 Å². The lowest BCUT2D eigenvalue weighted by Crippen LogP contribution is -2.28. The summed E-state index contributed by atoms with van der Waals surface area (Å²) in [6.07, 6.45) is -5.08. The van der Waals surface area contributed by atoms with Gasteiger partial charge in [-0.2, -0.15) is 13.2 Å². The van der Waals surface area contributed by atoms with Crippen LogP contribution in [0.15, 0.2) is 0 Å². The number of rotatable bonds is 1. The first-order chi connectivity index (χ1) is 6.90. The minimum atomic E-state index is -5.08. The van der Waals surface area contributed by atoms with Crippen molar-refractivity contribution in [1.82, 2.24) is 0 Å². The summed E-state index contributed by atoms with van der Waals surface area (Å²) >= 11 is 0. The topological polar surface area (TPSA) is 89.6 Å². The zero-order chi connectivity index (χ0) is 13.6. The van der Waals surface area contributed by atoms with Crippen molar-refractivity contribution in [3.63, 3.8) is 0 Å². The maximum atomic E-state index is 10.6. The summed E-state index contributed by atoms with van der Waals surface area (Å²) in [7, 11) is 0. The molecule has 0 atom stereocenters. The predicted molar refractivity (Wildman–Crippen MR) is 48.6 cm³/mol. The van der Waals surface area contributed by atoms with Crippen LogP contribution >= 0.6 is 0 Å². The van der Waals surface area contributed by atoms with Crippen LogP contribution in [0.2, 0.25) is 0 Å². The van der Waals surface area contributed by atoms with Crippen LogP contribution in [0.4, 0.5) is 13.2 Å². The third kappa shape index (κ3) is 12.7. The second kappa shape index (κ2) is 6.31. The molecule has 0 heterocycles. The van der Waals surface area contributed by atoms with E-state index in [1.807, 2.05) is 0 Å². The number of carboxylic acid groups (broad SMARTS) is 1. The van der Waals surface area contributed by atoms with Gasteiger partial charge in [0.2, 0.25) is 0 Å². The van der Waals surface area contributed by atoms with E-state index in [2.05, 4.69) is 0 Å². The summed E-state index contributed by atoms with van der Waals surface area (Å²) in [5.41, 5.74) is 4.60. The lowest BCUT2D eigenvalue weighted by atomic mass is 10.2. The number of alkyl halides is 3. The monoisotopic (exact) mass is 245 g/mol. The third-order valence-corrected chi connectivity index (χ3v) is 0.829. The maximum Gasteiger partial charge on any atom is 0.490 e. The number of nitrogens with two attached hydrogens (primary N) is 1. The standard InChI is InChI=1S/C6H13NO2.C2HF3O2/c1-6(2,3)9-5(8)4-7;3-2(4,5)1(6)7/h4,7H2,1-3H3;(H,6,7). The fourth-order valence-corrected chi connectivity index (χ4v) is 0.383. The number of hydrogen-bond acceptors (Lipinski definition) is 4. The molecule has 0 aliphatic rings. The van der Waals surface area contributed by atoms with Crippen LogP contribution < -0.4 is 5.73 Å². The second-order valence-electron chi connectivity index (χ2n) is 3.59. The van der Waals surface area contributed by atoms with Gasteiger partial charge in [0.15, 0.2) is 0 Å². The van der Waals surface area contributed by atoms with E-state index in [9.17, 15) is 18.0 Å². The van der Waals surface area contributed by atoms with E-state index in [1.54, 1.807) is 20.8 Å². The maximum absolute atomic E-state index is 10.6. The number of esters is 1. The molecule has 0 fully saturated rings. The summed E-state index contributed by atoms with van der Waals surface area (Å²) in [5.74, 6) is -3.12. The minimum absolute atomic E-state index is 0.0444. The molecule has 3 N–H and O–H groups in total. The molecule has 0 aromatic rings. The van der Waals surface area contributed by atoms with Gasteiger partial charge in [0.25, 0.3) is 0 Å². The van der Waals surface area contributed by atoms with Crippen LogP contribution in [-0.2, 0) is 14.3 Å². The number of ether oxygens (including phenoxy) is 1. The normalized spacial score (nSPS) is 11.2. The lowest BCUT2D eigenvalue weighted by molar-refractivity contribution is -0.192. The van der Waals surface area contributed by atoms with Gasteiger partial charge in [-0.3, -0.25) is 4.79 Å². The van der Waals surface area contributed by atoms with Crippen LogP contribution in [0.5, 0.6) is 0 Å². The highest BCUT2D eigenvalue weighted by Crippen LogP contribution is 2.13. The molecule has 0 aliphatic heterocycles. The Hall–Kier alpha value is -1.31. The van der Waals surface area contributed by atoms with Crippen LogP contribution in [0, 0.1) is 0 Å². The van der Waals surface area contributed by atoms with Crippen LogP contribution in [-0.4, -0.2) is 35.4 Å². The van der Waals surface area contributed by atoms with Crippen molar-refractivity contribution in [2.45, 2.75) is 32.5 Å². The molecule has 96 valence electrons. The average molecular weight is 245 g/mol. The van der Waals surface area contributed by atoms with E-state index >= 15 is 0 Å². The molecule has 0 aliphatic carbocycles. The van der Waals surface area contributed by atoms with Crippen molar-refractivity contribution in [1.29, 1.82) is 0 Å². The average Bonchev–Trinajstić information content (AvgIpc) is 2.00. The molecular weight excluding hydrogens is 231 g/mol. The molecule has 5 nitrogen and oxygen atoms in total. The summed E-state index contributed by atoms with van der Waals surface area (Å²) < 4.78 is 36.6. The third-order valence-electron chi connectivity index (χ3n) is 0.829. The van der Waals surface area contributed by atoms with Crippen molar-refractivity contribution >= 4 is 11.9 Å². The number of carbonyl (C=O) groups excluding carboxylic acids is 1. The van der Waals surface area contributed by atoms with Gasteiger partial charge < -0.3 is 15.6 Å². The van der Waals surface area contributed by atoms with Crippen molar-refractivity contribution in [2.24, 2.45) is 5.73 Å². The molecule has 0 amide bonds. The molecule has 0 aromatic carbocycles. The fourth-order valence-electron chi connectivity index (χ4n) is 0.383. The van der Waals surface area contributed by atoms with E-state index in [4.69, 9.17) is 20.4 Å². The van der Waals surface area contributed by atoms with E-state index in [1.165, 1.54) is 0 Å². The summed E-state index contributed by atoms with van der Waals surface area (Å²) in [4.78, 5) is 19.4. The fraction of sp³-hybridized carbons (Fsp3) is 0.750. The Morgan fingerprint density at radius 1 is 1.25 bits per heavy atom. The molecule has 8 heteroatoms. The summed E-state index contributed by atoms with van der Waals surface area (Å²) in [5, 5.41) is 7.12. The molecule has 0 rings (SSSR count). The molecular formula is C8H14F3NO4. The molecule has 0 aromatic heterocycles. The molecule has 0 radical (unpaired) electrons. The van der Waals surface area contributed by atoms with E-state index in [0.29, 0.717) is 0 Å².